The molecule has 0 amide bonds. The minimum atomic E-state index is 0. The summed E-state index contributed by atoms with van der Waals surface area (Å²) >= 11 is 0. The molecule has 0 aromatic heterocycles. The van der Waals surface area contributed by atoms with Crippen molar-refractivity contribution in [1.29, 1.82) is 0 Å². The van der Waals surface area contributed by atoms with Gasteiger partial charge in [-0.15, -0.1) is 0 Å². The molecule has 0 aliphatic carbocycles. The van der Waals surface area contributed by atoms with Gasteiger partial charge in [0.15, 0.2) is 174 Å². The van der Waals surface area contributed by atoms with Crippen molar-refractivity contribution < 1.29 is 274 Å². The van der Waals surface area contributed by atoms with Gasteiger partial charge < -0.3 is 274 Å². The minimum Gasteiger partial charge on any atom is -0.412 e. The molecule has 460 valence electrons. The lowest BCUT2D eigenvalue weighted by Crippen LogP contribution is -0.382. The molecule has 0 heterocycles. The third-order valence-electron chi connectivity index (χ3n) is 0. The predicted octanol–water partition coefficient (Wildman–Crippen LogP) is -53.1. The summed E-state index contributed by atoms with van der Waals surface area (Å²) in [7, 11) is 0. The van der Waals surface area contributed by atoms with E-state index in [-0.39, 0.29) is 447 Å². The first-order chi connectivity index (χ1) is 0. The molecule has 0 saturated heterocycles. The molecule has 0 rings (SSSR count). The molecule has 60 heavy (non-hydrogen) atoms. The number of hydrogen-bond acceptors (Lipinski definition) is 0. The average molecular weight is 1200 g/mol. The normalized spacial score (nSPS) is 0. The number of rotatable bonds is 0. The van der Waals surface area contributed by atoms with Crippen LogP contribution >= 0.6 is 0 Å². The third-order valence-corrected chi connectivity index (χ3v) is 0. The Labute approximate surface area is 444 Å². The SMILES string of the molecule is O.O.O.O.O.O.O.O.O.O.O.O.O.O.O.O.O.O.O.O.O.O.O.O.O.O.O.O.O.O.O.O.O.O.O.O.O.O.O.O.O.O.O.O.O.O.O.O.O.O.[AlH3].[AlH3].[AlH3].[AlH3].[AlH3].[AlH3].[AlH3].[AlH3].[AlH3].[AlH3]. The molecule has 0 bridgehead atoms. The molecule has 0 saturated carbocycles. The first kappa shape index (κ1) is 22300. The van der Waals surface area contributed by atoms with Crippen molar-refractivity contribution in [3.63, 3.8) is 0 Å². The van der Waals surface area contributed by atoms with E-state index in [1.807, 2.05) is 0 Å². The second kappa shape index (κ2) is 21200. The highest BCUT2D eigenvalue weighted by atomic mass is 27.0. The summed E-state index contributed by atoms with van der Waals surface area (Å²) in [4.78, 5) is 0. The van der Waals surface area contributed by atoms with Crippen LogP contribution in [0.4, 0.5) is 0 Å². The fraction of sp³-hybridized carbons (Fsp3) is 0. The molecule has 0 aliphatic heterocycles. The Balaban J connectivity index is 0. The lowest BCUT2D eigenvalue weighted by atomic mass is 16.0. The molecule has 0 aromatic rings. The van der Waals surface area contributed by atoms with Gasteiger partial charge in [0.1, 0.15) is 0 Å². The van der Waals surface area contributed by atoms with Crippen molar-refractivity contribution in [1.82, 2.24) is 0 Å². The van der Waals surface area contributed by atoms with E-state index in [0.29, 0.717) is 0 Å². The molecule has 0 aliphatic rings. The van der Waals surface area contributed by atoms with Crippen LogP contribution in [0.3, 0.4) is 0 Å². The summed E-state index contributed by atoms with van der Waals surface area (Å²) in [6.45, 7) is 0. The van der Waals surface area contributed by atoms with Crippen molar-refractivity contribution in [2.24, 2.45) is 0 Å². The van der Waals surface area contributed by atoms with Gasteiger partial charge in [0.25, 0.3) is 0 Å². The standard InChI is InChI=1S/10Al.50H2O.30H/h;;;;;;;;;;50*1H2;;;;;;;;;;;;;;;;;;;;;;;;;;;;;;. The van der Waals surface area contributed by atoms with Gasteiger partial charge in [-0.25, -0.2) is 0 Å². The molecular weight excluding hydrogens is 1070 g/mol. The first-order valence-electron chi connectivity index (χ1n) is 0. The van der Waals surface area contributed by atoms with Crippen LogP contribution < -0.4 is 0 Å². The van der Waals surface area contributed by atoms with E-state index in [2.05, 4.69) is 0 Å². The third kappa shape index (κ3) is 20200. The van der Waals surface area contributed by atoms with Crippen LogP contribution in [0.2, 0.25) is 0 Å². The molecule has 0 spiro atoms. The summed E-state index contributed by atoms with van der Waals surface area (Å²) in [6.07, 6.45) is 0. The van der Waals surface area contributed by atoms with Gasteiger partial charge in [0.2, 0.25) is 0 Å². The van der Waals surface area contributed by atoms with Gasteiger partial charge in [-0.3, -0.25) is 0 Å². The van der Waals surface area contributed by atoms with Crippen LogP contribution in [0.15, 0.2) is 0 Å². The van der Waals surface area contributed by atoms with Crippen LogP contribution in [-0.4, -0.2) is 447 Å². The predicted molar refractivity (Wildman–Crippen MR) is 280 cm³/mol. The van der Waals surface area contributed by atoms with E-state index in [9.17, 15) is 0 Å². The Morgan fingerprint density at radius 1 is 0.0333 bits per heavy atom. The summed E-state index contributed by atoms with van der Waals surface area (Å²) in [6, 6.07) is 0. The first-order valence-corrected chi connectivity index (χ1v) is 0. The lowest BCUT2D eigenvalue weighted by Gasteiger charge is -0.413. The van der Waals surface area contributed by atoms with Gasteiger partial charge in [0, 0.05) is 0 Å². The second-order valence-corrected chi connectivity index (χ2v) is 0. The zero-order valence-corrected chi connectivity index (χ0v) is 25.0. The maximum Gasteiger partial charge on any atom is 0.187 e. The van der Waals surface area contributed by atoms with Gasteiger partial charge in [-0.1, -0.05) is 0 Å². The Morgan fingerprint density at radius 2 is 0.0333 bits per heavy atom. The molecule has 100 N–H and O–H groups in total. The van der Waals surface area contributed by atoms with E-state index in [4.69, 9.17) is 0 Å². The molecule has 0 unspecified atom stereocenters. The molecule has 0 fully saturated rings. The summed E-state index contributed by atoms with van der Waals surface area (Å²) in [5.74, 6) is 0. The van der Waals surface area contributed by atoms with Gasteiger partial charge in [-0.05, 0) is 0 Å². The van der Waals surface area contributed by atoms with Crippen molar-refractivity contribution in [2.45, 2.75) is 0 Å². The second-order valence-electron chi connectivity index (χ2n) is 0. The quantitative estimate of drug-likeness (QED) is 0.204. The van der Waals surface area contributed by atoms with Crippen LogP contribution in [0.1, 0.15) is 0 Å². The average Bonchev–Trinajstić information content (AvgIpc) is 0. The van der Waals surface area contributed by atoms with Crippen molar-refractivity contribution in [3.05, 3.63) is 0 Å². The van der Waals surface area contributed by atoms with E-state index in [0.717, 1.165) is 0 Å². The Morgan fingerprint density at radius 3 is 0.0333 bits per heavy atom. The van der Waals surface area contributed by atoms with Crippen LogP contribution in [0.5, 0.6) is 0 Å². The van der Waals surface area contributed by atoms with Crippen molar-refractivity contribution in [3.8, 4) is 0 Å². The maximum atomic E-state index is 0. The van der Waals surface area contributed by atoms with Crippen molar-refractivity contribution in [2.75, 3.05) is 0 Å². The highest BCUT2D eigenvalue weighted by molar-refractivity contribution is 5.76. The van der Waals surface area contributed by atoms with Crippen LogP contribution in [0, 0.1) is 0 Å². The number of hydrogen-bond donors (Lipinski definition) is 0. The molecule has 0 atom stereocenters. The molecule has 0 radical (unpaired) electrons. The van der Waals surface area contributed by atoms with Crippen LogP contribution in [0.25, 0.3) is 0 Å². The van der Waals surface area contributed by atoms with E-state index < -0.39 is 0 Å². The molecule has 60 heteroatoms. The van der Waals surface area contributed by atoms with Gasteiger partial charge in [-0.2, -0.15) is 0 Å². The lowest BCUT2D eigenvalue weighted by molar-refractivity contribution is 0.823. The highest BCUT2D eigenvalue weighted by Gasteiger charge is 0.196. The monoisotopic (exact) mass is 1200 g/mol. The summed E-state index contributed by atoms with van der Waals surface area (Å²) in [5, 5.41) is 0. The Bertz CT molecular complexity index is 39.0. The largest absolute Gasteiger partial charge is 0.412 e. The van der Waals surface area contributed by atoms with Gasteiger partial charge >= 0.3 is 0 Å². The fourth-order valence-electron chi connectivity index (χ4n) is 0. The Hall–Kier alpha value is 3.32. The van der Waals surface area contributed by atoms with E-state index in [1.165, 1.54) is 0 Å². The summed E-state index contributed by atoms with van der Waals surface area (Å²) in [5.41, 5.74) is 0. The minimum absolute atomic E-state index is 0. The van der Waals surface area contributed by atoms with Crippen LogP contribution in [-0.2, 0) is 0 Å². The van der Waals surface area contributed by atoms with E-state index in [1.54, 1.807) is 0 Å². The molecular formula is H130Al10O50. The topological polar surface area (TPSA) is 1580 Å². The maximum absolute atomic E-state index is 0. The molecule has 0 aromatic carbocycles. The highest BCUT2D eigenvalue weighted by Crippen LogP contribution is -0.237. The van der Waals surface area contributed by atoms with Gasteiger partial charge in [0.05, 0.1) is 0 Å². The zero-order valence-electron chi connectivity index (χ0n) is 25.0. The smallest absolute Gasteiger partial charge is 0.187 e. The van der Waals surface area contributed by atoms with Crippen molar-refractivity contribution >= 4 is 174 Å². The molecule has 50 nitrogen and oxygen atoms in total. The zero-order chi connectivity index (χ0) is 0. The fourth-order valence-corrected chi connectivity index (χ4v) is 0. The Kier molecular flexibility index (Phi) is 7860000. The van der Waals surface area contributed by atoms with E-state index >= 15 is 0 Å². The summed E-state index contributed by atoms with van der Waals surface area (Å²) < 4.78 is 0.